The lowest BCUT2D eigenvalue weighted by Gasteiger charge is -2.10. The summed E-state index contributed by atoms with van der Waals surface area (Å²) >= 11 is 1.50. The van der Waals surface area contributed by atoms with Gasteiger partial charge in [-0.05, 0) is 31.5 Å². The van der Waals surface area contributed by atoms with Crippen molar-refractivity contribution in [2.45, 2.75) is 31.2 Å². The van der Waals surface area contributed by atoms with E-state index in [0.29, 0.717) is 5.75 Å². The Labute approximate surface area is 101 Å². The summed E-state index contributed by atoms with van der Waals surface area (Å²) in [7, 11) is 0. The fourth-order valence-corrected chi connectivity index (χ4v) is 1.95. The number of carbonyl (C=O) groups is 1. The van der Waals surface area contributed by atoms with Crippen LogP contribution in [0.5, 0.6) is 0 Å². The maximum Gasteiger partial charge on any atom is 0.230 e. The van der Waals surface area contributed by atoms with Crippen LogP contribution >= 0.6 is 11.8 Å². The molecule has 1 rings (SSSR count). The highest BCUT2D eigenvalue weighted by molar-refractivity contribution is 8.00. The fourth-order valence-electron chi connectivity index (χ4n) is 1.17. The third-order valence-electron chi connectivity index (χ3n) is 2.25. The van der Waals surface area contributed by atoms with E-state index in [1.807, 2.05) is 31.2 Å². The van der Waals surface area contributed by atoms with E-state index in [2.05, 4.69) is 12.2 Å². The van der Waals surface area contributed by atoms with Crippen molar-refractivity contribution < 1.29 is 4.79 Å². The van der Waals surface area contributed by atoms with Gasteiger partial charge in [-0.15, -0.1) is 11.8 Å². The van der Waals surface area contributed by atoms with E-state index in [4.69, 9.17) is 5.73 Å². The molecule has 0 aromatic heterocycles. The average molecular weight is 238 g/mol. The number of thioether (sulfide) groups is 1. The van der Waals surface area contributed by atoms with Gasteiger partial charge in [-0.1, -0.05) is 13.0 Å². The summed E-state index contributed by atoms with van der Waals surface area (Å²) in [6, 6.07) is 7.81. The van der Waals surface area contributed by atoms with E-state index in [0.717, 1.165) is 17.0 Å². The molecule has 0 fully saturated rings. The number of rotatable bonds is 5. The van der Waals surface area contributed by atoms with Crippen LogP contribution in [0.4, 0.5) is 5.69 Å². The number of nitrogens with one attached hydrogen (secondary N) is 1. The Bertz CT molecular complexity index is 355. The minimum atomic E-state index is 0.0711. The van der Waals surface area contributed by atoms with Crippen LogP contribution in [-0.2, 0) is 4.79 Å². The normalized spacial score (nSPS) is 12.1. The standard InChI is InChI=1S/C12H18N2OS/c1-3-9(2)14-12(15)8-16-11-6-4-5-10(13)7-11/h4-7,9H,3,8,13H2,1-2H3,(H,14,15). The van der Waals surface area contributed by atoms with Crippen molar-refractivity contribution >= 4 is 23.4 Å². The predicted molar refractivity (Wildman–Crippen MR) is 69.5 cm³/mol. The smallest absolute Gasteiger partial charge is 0.230 e. The quantitative estimate of drug-likeness (QED) is 0.611. The van der Waals surface area contributed by atoms with Gasteiger partial charge in [-0.3, -0.25) is 4.79 Å². The summed E-state index contributed by atoms with van der Waals surface area (Å²) in [5.74, 6) is 0.509. The Morgan fingerprint density at radius 3 is 2.94 bits per heavy atom. The van der Waals surface area contributed by atoms with Crippen LogP contribution in [0.2, 0.25) is 0 Å². The van der Waals surface area contributed by atoms with Crippen molar-refractivity contribution in [1.29, 1.82) is 0 Å². The minimum absolute atomic E-state index is 0.0711. The van der Waals surface area contributed by atoms with Gasteiger partial charge < -0.3 is 11.1 Å². The van der Waals surface area contributed by atoms with Gasteiger partial charge in [-0.25, -0.2) is 0 Å². The Balaban J connectivity index is 2.37. The van der Waals surface area contributed by atoms with E-state index in [9.17, 15) is 4.79 Å². The summed E-state index contributed by atoms with van der Waals surface area (Å²) in [6.07, 6.45) is 0.953. The van der Waals surface area contributed by atoms with Gasteiger partial charge in [0, 0.05) is 16.6 Å². The molecule has 0 saturated carbocycles. The van der Waals surface area contributed by atoms with E-state index in [-0.39, 0.29) is 11.9 Å². The zero-order chi connectivity index (χ0) is 12.0. The summed E-state index contributed by atoms with van der Waals surface area (Å²) < 4.78 is 0. The van der Waals surface area contributed by atoms with Crippen molar-refractivity contribution in [2.24, 2.45) is 0 Å². The lowest BCUT2D eigenvalue weighted by molar-refractivity contribution is -0.119. The molecule has 3 nitrogen and oxygen atoms in total. The molecule has 0 spiro atoms. The second-order valence-electron chi connectivity index (χ2n) is 3.74. The van der Waals surface area contributed by atoms with Crippen molar-refractivity contribution in [2.75, 3.05) is 11.5 Å². The van der Waals surface area contributed by atoms with Crippen LogP contribution < -0.4 is 11.1 Å². The molecule has 0 heterocycles. The van der Waals surface area contributed by atoms with Crippen LogP contribution in [0, 0.1) is 0 Å². The van der Waals surface area contributed by atoms with E-state index in [1.54, 1.807) is 0 Å². The van der Waals surface area contributed by atoms with Gasteiger partial charge in [-0.2, -0.15) is 0 Å². The first-order chi connectivity index (χ1) is 7.61. The van der Waals surface area contributed by atoms with Gasteiger partial charge in [0.2, 0.25) is 5.91 Å². The zero-order valence-corrected chi connectivity index (χ0v) is 10.5. The SMILES string of the molecule is CCC(C)NC(=O)CSc1cccc(N)c1. The highest BCUT2D eigenvalue weighted by Crippen LogP contribution is 2.19. The van der Waals surface area contributed by atoms with Crippen LogP contribution in [-0.4, -0.2) is 17.7 Å². The molecule has 0 aliphatic carbocycles. The highest BCUT2D eigenvalue weighted by atomic mass is 32.2. The van der Waals surface area contributed by atoms with Gasteiger partial charge in [0.05, 0.1) is 5.75 Å². The van der Waals surface area contributed by atoms with Crippen molar-refractivity contribution in [3.05, 3.63) is 24.3 Å². The lowest BCUT2D eigenvalue weighted by Crippen LogP contribution is -2.33. The molecule has 0 saturated heterocycles. The number of amides is 1. The van der Waals surface area contributed by atoms with Gasteiger partial charge in [0.25, 0.3) is 0 Å². The van der Waals surface area contributed by atoms with Gasteiger partial charge >= 0.3 is 0 Å². The molecule has 1 amide bonds. The van der Waals surface area contributed by atoms with Crippen LogP contribution in [0.3, 0.4) is 0 Å². The number of hydrogen-bond acceptors (Lipinski definition) is 3. The number of carbonyl (C=O) groups excluding carboxylic acids is 1. The van der Waals surface area contributed by atoms with Crippen molar-refractivity contribution in [3.63, 3.8) is 0 Å². The number of hydrogen-bond donors (Lipinski definition) is 2. The molecule has 1 aromatic rings. The molecule has 4 heteroatoms. The summed E-state index contributed by atoms with van der Waals surface area (Å²) in [5, 5.41) is 2.92. The number of benzene rings is 1. The molecule has 0 aliphatic heterocycles. The third-order valence-corrected chi connectivity index (χ3v) is 3.24. The minimum Gasteiger partial charge on any atom is -0.399 e. The first-order valence-electron chi connectivity index (χ1n) is 5.39. The number of nitrogen functional groups attached to an aromatic ring is 1. The van der Waals surface area contributed by atoms with Crippen molar-refractivity contribution in [1.82, 2.24) is 5.32 Å². The molecule has 16 heavy (non-hydrogen) atoms. The molecular formula is C12H18N2OS. The Morgan fingerprint density at radius 2 is 2.31 bits per heavy atom. The van der Waals surface area contributed by atoms with Crippen LogP contribution in [0.25, 0.3) is 0 Å². The van der Waals surface area contributed by atoms with E-state index >= 15 is 0 Å². The van der Waals surface area contributed by atoms with Crippen molar-refractivity contribution in [3.8, 4) is 0 Å². The molecular weight excluding hydrogens is 220 g/mol. The Hall–Kier alpha value is -1.16. The summed E-state index contributed by atoms with van der Waals surface area (Å²) in [5.41, 5.74) is 6.38. The monoisotopic (exact) mass is 238 g/mol. The highest BCUT2D eigenvalue weighted by Gasteiger charge is 2.05. The Morgan fingerprint density at radius 1 is 1.56 bits per heavy atom. The molecule has 0 aliphatic rings. The molecule has 1 unspecified atom stereocenters. The second kappa shape index (κ2) is 6.43. The summed E-state index contributed by atoms with van der Waals surface area (Å²) in [4.78, 5) is 12.5. The Kier molecular flexibility index (Phi) is 5.19. The first-order valence-corrected chi connectivity index (χ1v) is 6.38. The van der Waals surface area contributed by atoms with Gasteiger partial charge in [0.1, 0.15) is 0 Å². The number of nitrogens with two attached hydrogens (primary N) is 1. The second-order valence-corrected chi connectivity index (χ2v) is 4.79. The fraction of sp³-hybridized carbons (Fsp3) is 0.417. The molecule has 88 valence electrons. The maximum atomic E-state index is 11.5. The third kappa shape index (κ3) is 4.57. The largest absolute Gasteiger partial charge is 0.399 e. The van der Waals surface area contributed by atoms with Crippen LogP contribution in [0.1, 0.15) is 20.3 Å². The lowest BCUT2D eigenvalue weighted by atomic mass is 10.3. The first kappa shape index (κ1) is 12.9. The molecule has 0 bridgehead atoms. The average Bonchev–Trinajstić information content (AvgIpc) is 2.26. The van der Waals surface area contributed by atoms with Gasteiger partial charge in [0.15, 0.2) is 0 Å². The van der Waals surface area contributed by atoms with E-state index < -0.39 is 0 Å². The van der Waals surface area contributed by atoms with E-state index in [1.165, 1.54) is 11.8 Å². The molecule has 3 N–H and O–H groups in total. The summed E-state index contributed by atoms with van der Waals surface area (Å²) in [6.45, 7) is 4.05. The topological polar surface area (TPSA) is 55.1 Å². The predicted octanol–water partition coefficient (Wildman–Crippen LogP) is 2.28. The molecule has 0 radical (unpaired) electrons. The van der Waals surface area contributed by atoms with Crippen LogP contribution in [0.15, 0.2) is 29.2 Å². The number of anilines is 1. The zero-order valence-electron chi connectivity index (χ0n) is 9.69. The molecule has 1 aromatic carbocycles. The maximum absolute atomic E-state index is 11.5. The molecule has 1 atom stereocenters.